The monoisotopic (exact) mass is 284 g/mol. The molecule has 1 atom stereocenters. The molecule has 0 saturated carbocycles. The van der Waals surface area contributed by atoms with Crippen LogP contribution in [0, 0.1) is 0 Å². The second-order valence-electron chi connectivity index (χ2n) is 5.61. The Hall–Kier alpha value is -1.83. The Balaban J connectivity index is 1.95. The van der Waals surface area contributed by atoms with Crippen LogP contribution in [0.3, 0.4) is 0 Å². The van der Waals surface area contributed by atoms with Crippen LogP contribution in [0.5, 0.6) is 0 Å². The molecule has 0 radical (unpaired) electrons. The average molecular weight is 284 g/mol. The maximum atomic E-state index is 12.1. The molecule has 2 heteroatoms. The number of hydrogen-bond acceptors (Lipinski definition) is 2. The summed E-state index contributed by atoms with van der Waals surface area (Å²) in [7, 11) is 0. The van der Waals surface area contributed by atoms with Gasteiger partial charge < -0.3 is 4.74 Å². The first-order chi connectivity index (χ1) is 10.2. The minimum absolute atomic E-state index is 0.0130. The molecule has 0 saturated heterocycles. The third-order valence-corrected chi connectivity index (χ3v) is 3.76. The Morgan fingerprint density at radius 3 is 2.67 bits per heavy atom. The van der Waals surface area contributed by atoms with Crippen molar-refractivity contribution in [2.24, 2.45) is 0 Å². The quantitative estimate of drug-likeness (QED) is 0.534. The van der Waals surface area contributed by atoms with Gasteiger partial charge in [0.05, 0.1) is 12.5 Å². The summed E-state index contributed by atoms with van der Waals surface area (Å²) in [6.07, 6.45) is 4.83. The van der Waals surface area contributed by atoms with Gasteiger partial charge in [0.1, 0.15) is 0 Å². The minimum Gasteiger partial charge on any atom is -0.462 e. The molecule has 0 bridgehead atoms. The van der Waals surface area contributed by atoms with Gasteiger partial charge in [0.2, 0.25) is 0 Å². The maximum absolute atomic E-state index is 12.1. The van der Waals surface area contributed by atoms with E-state index in [0.29, 0.717) is 6.42 Å². The first-order valence-corrected chi connectivity index (χ1v) is 7.87. The van der Waals surface area contributed by atoms with Crippen molar-refractivity contribution >= 4 is 16.7 Å². The van der Waals surface area contributed by atoms with Crippen LogP contribution in [-0.4, -0.2) is 12.1 Å². The van der Waals surface area contributed by atoms with E-state index in [1.807, 2.05) is 31.2 Å². The summed E-state index contributed by atoms with van der Waals surface area (Å²) in [6, 6.07) is 14.2. The lowest BCUT2D eigenvalue weighted by Gasteiger charge is -2.13. The Morgan fingerprint density at radius 1 is 1.10 bits per heavy atom. The fourth-order valence-electron chi connectivity index (χ4n) is 2.61. The number of unbranched alkanes of at least 4 members (excludes halogenated alkanes) is 2. The average Bonchev–Trinajstić information content (AvgIpc) is 2.48. The van der Waals surface area contributed by atoms with E-state index in [0.717, 1.165) is 23.8 Å². The molecule has 0 spiro atoms. The topological polar surface area (TPSA) is 26.3 Å². The van der Waals surface area contributed by atoms with E-state index < -0.39 is 0 Å². The third-order valence-electron chi connectivity index (χ3n) is 3.76. The van der Waals surface area contributed by atoms with Crippen molar-refractivity contribution in [2.75, 3.05) is 0 Å². The summed E-state index contributed by atoms with van der Waals surface area (Å²) < 4.78 is 5.51. The van der Waals surface area contributed by atoms with Crippen molar-refractivity contribution in [1.82, 2.24) is 0 Å². The van der Waals surface area contributed by atoms with Crippen molar-refractivity contribution in [3.05, 3.63) is 48.0 Å². The smallest absolute Gasteiger partial charge is 0.310 e. The lowest BCUT2D eigenvalue weighted by molar-refractivity contribution is -0.147. The Labute approximate surface area is 127 Å². The SMILES string of the molecule is CCCCCC(C)OC(=O)Cc1cccc2ccccc12. The summed E-state index contributed by atoms with van der Waals surface area (Å²) in [5.74, 6) is -0.129. The molecule has 0 N–H and O–H groups in total. The van der Waals surface area contributed by atoms with E-state index in [4.69, 9.17) is 4.74 Å². The molecular weight excluding hydrogens is 260 g/mol. The molecule has 2 rings (SSSR count). The van der Waals surface area contributed by atoms with E-state index >= 15 is 0 Å². The predicted molar refractivity (Wildman–Crippen MR) is 87.3 cm³/mol. The zero-order chi connectivity index (χ0) is 15.1. The lowest BCUT2D eigenvalue weighted by atomic mass is 10.0. The number of esters is 1. The highest BCUT2D eigenvalue weighted by atomic mass is 16.5. The second kappa shape index (κ2) is 7.82. The van der Waals surface area contributed by atoms with Crippen molar-refractivity contribution < 1.29 is 9.53 Å². The largest absolute Gasteiger partial charge is 0.462 e. The Bertz CT molecular complexity index is 584. The summed E-state index contributed by atoms with van der Waals surface area (Å²) in [4.78, 5) is 12.1. The summed E-state index contributed by atoms with van der Waals surface area (Å²) >= 11 is 0. The molecule has 2 aromatic carbocycles. The van der Waals surface area contributed by atoms with Crippen LogP contribution in [0.2, 0.25) is 0 Å². The van der Waals surface area contributed by atoms with Crippen LogP contribution >= 0.6 is 0 Å². The first-order valence-electron chi connectivity index (χ1n) is 7.87. The van der Waals surface area contributed by atoms with Crippen LogP contribution in [-0.2, 0) is 16.0 Å². The van der Waals surface area contributed by atoms with Gasteiger partial charge in [-0.15, -0.1) is 0 Å². The molecule has 2 aromatic rings. The number of carbonyl (C=O) groups excluding carboxylic acids is 1. The van der Waals surface area contributed by atoms with Gasteiger partial charge in [0.25, 0.3) is 0 Å². The number of benzene rings is 2. The van der Waals surface area contributed by atoms with Crippen LogP contribution < -0.4 is 0 Å². The molecule has 21 heavy (non-hydrogen) atoms. The highest BCUT2D eigenvalue weighted by Crippen LogP contribution is 2.19. The van der Waals surface area contributed by atoms with Gasteiger partial charge in [-0.1, -0.05) is 62.2 Å². The second-order valence-corrected chi connectivity index (χ2v) is 5.61. The zero-order valence-electron chi connectivity index (χ0n) is 13.0. The normalized spacial score (nSPS) is 12.3. The molecule has 0 amide bonds. The molecular formula is C19H24O2. The third kappa shape index (κ3) is 4.59. The Morgan fingerprint density at radius 2 is 1.86 bits per heavy atom. The molecule has 0 aliphatic rings. The van der Waals surface area contributed by atoms with Crippen molar-refractivity contribution in [2.45, 2.75) is 52.1 Å². The van der Waals surface area contributed by atoms with Crippen molar-refractivity contribution in [3.63, 3.8) is 0 Å². The molecule has 0 aromatic heterocycles. The van der Waals surface area contributed by atoms with Crippen molar-refractivity contribution in [3.8, 4) is 0 Å². The molecule has 1 unspecified atom stereocenters. The van der Waals surface area contributed by atoms with E-state index in [1.54, 1.807) is 0 Å². The van der Waals surface area contributed by atoms with Gasteiger partial charge in [0, 0.05) is 0 Å². The summed E-state index contributed by atoms with van der Waals surface area (Å²) in [6.45, 7) is 4.16. The number of carbonyl (C=O) groups is 1. The minimum atomic E-state index is -0.129. The highest BCUT2D eigenvalue weighted by Gasteiger charge is 2.11. The molecule has 0 aliphatic carbocycles. The number of fused-ring (bicyclic) bond motifs is 1. The molecule has 0 fully saturated rings. The molecule has 0 aliphatic heterocycles. The number of ether oxygens (including phenoxy) is 1. The lowest BCUT2D eigenvalue weighted by Crippen LogP contribution is -2.16. The van der Waals surface area contributed by atoms with Gasteiger partial charge >= 0.3 is 5.97 Å². The molecule has 2 nitrogen and oxygen atoms in total. The van der Waals surface area contributed by atoms with E-state index in [1.165, 1.54) is 18.2 Å². The zero-order valence-corrected chi connectivity index (χ0v) is 13.0. The van der Waals surface area contributed by atoms with E-state index in [2.05, 4.69) is 25.1 Å². The van der Waals surface area contributed by atoms with Crippen molar-refractivity contribution in [1.29, 1.82) is 0 Å². The van der Waals surface area contributed by atoms with Crippen LogP contribution in [0.15, 0.2) is 42.5 Å². The summed E-state index contributed by atoms with van der Waals surface area (Å²) in [5.41, 5.74) is 1.04. The van der Waals surface area contributed by atoms with Crippen LogP contribution in [0.1, 0.15) is 45.1 Å². The number of rotatable bonds is 7. The highest BCUT2D eigenvalue weighted by molar-refractivity contribution is 5.88. The van der Waals surface area contributed by atoms with Crippen LogP contribution in [0.25, 0.3) is 10.8 Å². The van der Waals surface area contributed by atoms with Gasteiger partial charge in [-0.3, -0.25) is 4.79 Å². The van der Waals surface area contributed by atoms with Gasteiger partial charge in [-0.2, -0.15) is 0 Å². The molecule has 0 heterocycles. The predicted octanol–water partition coefficient (Wildman–Crippen LogP) is 4.89. The van der Waals surface area contributed by atoms with Gasteiger partial charge in [-0.25, -0.2) is 0 Å². The van der Waals surface area contributed by atoms with Gasteiger partial charge in [-0.05, 0) is 36.1 Å². The molecule has 112 valence electrons. The standard InChI is InChI=1S/C19H24O2/c1-3-4-5-9-15(2)21-19(20)14-17-12-8-11-16-10-6-7-13-18(16)17/h6-8,10-13,15H,3-5,9,14H2,1-2H3. The first kappa shape index (κ1) is 15.6. The fraction of sp³-hybridized carbons (Fsp3) is 0.421. The van der Waals surface area contributed by atoms with Gasteiger partial charge in [0.15, 0.2) is 0 Å². The van der Waals surface area contributed by atoms with E-state index in [-0.39, 0.29) is 12.1 Å². The van der Waals surface area contributed by atoms with E-state index in [9.17, 15) is 4.79 Å². The Kier molecular flexibility index (Phi) is 5.79. The summed E-state index contributed by atoms with van der Waals surface area (Å²) in [5, 5.41) is 2.30. The fourth-order valence-corrected chi connectivity index (χ4v) is 2.61. The number of hydrogen-bond donors (Lipinski definition) is 0. The maximum Gasteiger partial charge on any atom is 0.310 e. The van der Waals surface area contributed by atoms with Crippen LogP contribution in [0.4, 0.5) is 0 Å².